The molecule has 6 heteroatoms. The van der Waals surface area contributed by atoms with Crippen LogP contribution in [0.4, 0.5) is 4.39 Å². The zero-order valence-corrected chi connectivity index (χ0v) is 12.1. The molecule has 0 saturated heterocycles. The Kier molecular flexibility index (Phi) is 5.43. The molecule has 0 aliphatic rings. The summed E-state index contributed by atoms with van der Waals surface area (Å²) in [7, 11) is 0. The van der Waals surface area contributed by atoms with Crippen molar-refractivity contribution in [3.8, 4) is 0 Å². The molecule has 0 spiro atoms. The normalized spacial score (nSPS) is 10.4. The van der Waals surface area contributed by atoms with Gasteiger partial charge in [-0.1, -0.05) is 0 Å². The molecule has 0 bridgehead atoms. The number of nitrogens with zero attached hydrogens (tertiary/aromatic N) is 1. The van der Waals surface area contributed by atoms with Gasteiger partial charge in [-0.25, -0.2) is 14.2 Å². The van der Waals surface area contributed by atoms with Crippen molar-refractivity contribution in [2.75, 3.05) is 11.5 Å². The van der Waals surface area contributed by atoms with Crippen molar-refractivity contribution in [2.45, 2.75) is 9.92 Å². The summed E-state index contributed by atoms with van der Waals surface area (Å²) in [6, 6.07) is 9.40. The highest BCUT2D eigenvalue weighted by molar-refractivity contribution is 8.02. The van der Waals surface area contributed by atoms with Crippen molar-refractivity contribution in [1.29, 1.82) is 0 Å². The number of hydrogen-bond acceptors (Lipinski definition) is 4. The lowest BCUT2D eigenvalue weighted by molar-refractivity contribution is 0.0696. The first-order valence-electron chi connectivity index (χ1n) is 5.85. The third-order valence-corrected chi connectivity index (χ3v) is 4.60. The Morgan fingerprint density at radius 3 is 2.55 bits per heavy atom. The molecule has 3 nitrogen and oxygen atoms in total. The van der Waals surface area contributed by atoms with E-state index in [1.54, 1.807) is 30.0 Å². The van der Waals surface area contributed by atoms with E-state index >= 15 is 0 Å². The van der Waals surface area contributed by atoms with Gasteiger partial charge >= 0.3 is 5.97 Å². The molecular formula is C14H12FNO2S2. The Balaban J connectivity index is 1.79. The van der Waals surface area contributed by atoms with Crippen molar-refractivity contribution >= 4 is 29.5 Å². The summed E-state index contributed by atoms with van der Waals surface area (Å²) in [5.41, 5.74) is 0.244. The van der Waals surface area contributed by atoms with Gasteiger partial charge in [0.2, 0.25) is 0 Å². The lowest BCUT2D eigenvalue weighted by Gasteiger charge is -2.03. The van der Waals surface area contributed by atoms with Crippen LogP contribution in [0, 0.1) is 5.82 Å². The Labute approximate surface area is 124 Å². The first-order valence-corrected chi connectivity index (χ1v) is 7.83. The van der Waals surface area contributed by atoms with Crippen LogP contribution in [-0.4, -0.2) is 27.6 Å². The van der Waals surface area contributed by atoms with Crippen LogP contribution in [0.5, 0.6) is 0 Å². The second-order valence-corrected chi connectivity index (χ2v) is 6.12. The Morgan fingerprint density at radius 2 is 1.85 bits per heavy atom. The summed E-state index contributed by atoms with van der Waals surface area (Å²) < 4.78 is 12.7. The predicted octanol–water partition coefficient (Wildman–Crippen LogP) is 3.80. The van der Waals surface area contributed by atoms with Gasteiger partial charge in [-0.3, -0.25) is 0 Å². The topological polar surface area (TPSA) is 50.2 Å². The maximum atomic E-state index is 12.7. The minimum Gasteiger partial charge on any atom is -0.478 e. The highest BCUT2D eigenvalue weighted by atomic mass is 32.2. The molecule has 2 rings (SSSR count). The molecule has 0 amide bonds. The summed E-state index contributed by atoms with van der Waals surface area (Å²) in [5.74, 6) is 0.460. The monoisotopic (exact) mass is 309 g/mol. The van der Waals surface area contributed by atoms with E-state index in [9.17, 15) is 9.18 Å². The summed E-state index contributed by atoms with van der Waals surface area (Å²) in [4.78, 5) is 16.0. The van der Waals surface area contributed by atoms with E-state index in [1.807, 2.05) is 0 Å². The van der Waals surface area contributed by atoms with E-state index in [-0.39, 0.29) is 11.4 Å². The van der Waals surface area contributed by atoms with Gasteiger partial charge in [-0.05, 0) is 36.4 Å². The zero-order valence-electron chi connectivity index (χ0n) is 10.5. The molecule has 0 aliphatic heterocycles. The van der Waals surface area contributed by atoms with Gasteiger partial charge < -0.3 is 5.11 Å². The third kappa shape index (κ3) is 4.54. The molecule has 0 atom stereocenters. The van der Waals surface area contributed by atoms with Crippen LogP contribution in [0.25, 0.3) is 0 Å². The number of aromatic nitrogens is 1. The maximum absolute atomic E-state index is 12.7. The number of carboxylic acids is 1. The van der Waals surface area contributed by atoms with Crippen molar-refractivity contribution in [2.24, 2.45) is 0 Å². The number of benzene rings is 1. The number of carboxylic acid groups (broad SMARTS) is 1. The summed E-state index contributed by atoms with van der Waals surface area (Å²) >= 11 is 3.13. The average Bonchev–Trinajstić information content (AvgIpc) is 2.46. The quantitative estimate of drug-likeness (QED) is 0.649. The summed E-state index contributed by atoms with van der Waals surface area (Å²) in [6.07, 6.45) is 1.50. The van der Waals surface area contributed by atoms with Crippen LogP contribution in [0.1, 0.15) is 10.4 Å². The molecule has 1 aromatic carbocycles. The zero-order chi connectivity index (χ0) is 14.4. The SMILES string of the molecule is O=C(O)c1ccnc(SCCSc2ccc(F)cc2)c1. The molecule has 1 N–H and O–H groups in total. The maximum Gasteiger partial charge on any atom is 0.335 e. The van der Waals surface area contributed by atoms with Gasteiger partial charge in [0.15, 0.2) is 0 Å². The lowest BCUT2D eigenvalue weighted by Crippen LogP contribution is -1.97. The predicted molar refractivity (Wildman–Crippen MR) is 79.0 cm³/mol. The van der Waals surface area contributed by atoms with Gasteiger partial charge in [0.1, 0.15) is 5.82 Å². The Bertz CT molecular complexity index is 590. The lowest BCUT2D eigenvalue weighted by atomic mass is 10.3. The number of carbonyl (C=O) groups is 1. The van der Waals surface area contributed by atoms with Gasteiger partial charge in [-0.2, -0.15) is 0 Å². The number of rotatable bonds is 6. The summed E-state index contributed by atoms with van der Waals surface area (Å²) in [6.45, 7) is 0. The van der Waals surface area contributed by atoms with Crippen molar-refractivity contribution < 1.29 is 14.3 Å². The minimum absolute atomic E-state index is 0.238. The largest absolute Gasteiger partial charge is 0.478 e. The molecule has 1 aromatic heterocycles. The number of thioether (sulfide) groups is 2. The standard InChI is InChI=1S/C14H12FNO2S2/c15-11-1-3-12(4-2-11)19-7-8-20-13-9-10(14(17)18)5-6-16-13/h1-6,9H,7-8H2,(H,17,18). The van der Waals surface area contributed by atoms with Crippen molar-refractivity contribution in [1.82, 2.24) is 4.98 Å². The Hall–Kier alpha value is -1.53. The smallest absolute Gasteiger partial charge is 0.335 e. The third-order valence-electron chi connectivity index (χ3n) is 2.40. The fourth-order valence-corrected chi connectivity index (χ4v) is 3.24. The van der Waals surface area contributed by atoms with Crippen LogP contribution in [0.15, 0.2) is 52.5 Å². The van der Waals surface area contributed by atoms with E-state index in [4.69, 9.17) is 5.11 Å². The number of hydrogen-bond donors (Lipinski definition) is 1. The first-order chi connectivity index (χ1) is 9.65. The molecule has 20 heavy (non-hydrogen) atoms. The molecule has 0 unspecified atom stereocenters. The van der Waals surface area contributed by atoms with Crippen LogP contribution in [0.3, 0.4) is 0 Å². The Morgan fingerprint density at radius 1 is 1.15 bits per heavy atom. The second kappa shape index (κ2) is 7.31. The van der Waals surface area contributed by atoms with E-state index in [1.165, 1.54) is 36.2 Å². The van der Waals surface area contributed by atoms with E-state index in [2.05, 4.69) is 4.98 Å². The van der Waals surface area contributed by atoms with E-state index in [0.29, 0.717) is 5.03 Å². The fourth-order valence-electron chi connectivity index (χ4n) is 1.46. The van der Waals surface area contributed by atoms with Crippen molar-refractivity contribution in [3.63, 3.8) is 0 Å². The molecule has 2 aromatic rings. The van der Waals surface area contributed by atoms with Gasteiger partial charge in [-0.15, -0.1) is 23.5 Å². The highest BCUT2D eigenvalue weighted by Crippen LogP contribution is 2.22. The molecule has 0 radical (unpaired) electrons. The van der Waals surface area contributed by atoms with Crippen LogP contribution < -0.4 is 0 Å². The van der Waals surface area contributed by atoms with E-state index in [0.717, 1.165) is 16.4 Å². The molecule has 0 saturated carbocycles. The molecule has 0 aliphatic carbocycles. The number of halogens is 1. The van der Waals surface area contributed by atoms with Crippen LogP contribution in [-0.2, 0) is 0 Å². The van der Waals surface area contributed by atoms with Crippen LogP contribution >= 0.6 is 23.5 Å². The second-order valence-electron chi connectivity index (χ2n) is 3.84. The number of pyridine rings is 1. The molecule has 0 fully saturated rings. The molecular weight excluding hydrogens is 297 g/mol. The first kappa shape index (κ1) is 14.9. The van der Waals surface area contributed by atoms with Gasteiger partial charge in [0, 0.05) is 22.6 Å². The fraction of sp³-hybridized carbons (Fsp3) is 0.143. The molecule has 104 valence electrons. The van der Waals surface area contributed by atoms with Crippen molar-refractivity contribution in [3.05, 3.63) is 54.0 Å². The van der Waals surface area contributed by atoms with Crippen LogP contribution in [0.2, 0.25) is 0 Å². The number of aromatic carboxylic acids is 1. The summed E-state index contributed by atoms with van der Waals surface area (Å²) in [5, 5.41) is 9.58. The van der Waals surface area contributed by atoms with Gasteiger partial charge in [0.05, 0.1) is 10.6 Å². The van der Waals surface area contributed by atoms with Gasteiger partial charge in [0.25, 0.3) is 0 Å². The minimum atomic E-state index is -0.949. The highest BCUT2D eigenvalue weighted by Gasteiger charge is 2.04. The van der Waals surface area contributed by atoms with E-state index < -0.39 is 5.97 Å². The average molecular weight is 309 g/mol. The molecule has 1 heterocycles.